The molecule has 1 fully saturated rings. The fourth-order valence-electron chi connectivity index (χ4n) is 3.51. The molecule has 1 N–H and O–H groups in total. The molecule has 4 rings (SSSR count). The Morgan fingerprint density at radius 3 is 2.46 bits per heavy atom. The van der Waals surface area contributed by atoms with Crippen LogP contribution in [0.1, 0.15) is 10.4 Å². The summed E-state index contributed by atoms with van der Waals surface area (Å²) in [5, 5.41) is 3.58. The first kappa shape index (κ1) is 18.3. The molecule has 1 aliphatic rings. The second-order valence-corrected chi connectivity index (χ2v) is 6.91. The van der Waals surface area contributed by atoms with Gasteiger partial charge in [0.05, 0.1) is 0 Å². The van der Waals surface area contributed by atoms with E-state index in [9.17, 15) is 9.59 Å². The van der Waals surface area contributed by atoms with Gasteiger partial charge in [0.1, 0.15) is 11.1 Å². The van der Waals surface area contributed by atoms with Gasteiger partial charge < -0.3 is 14.6 Å². The van der Waals surface area contributed by atoms with Crippen LogP contribution in [0, 0.1) is 0 Å². The molecule has 144 valence electrons. The van der Waals surface area contributed by atoms with Gasteiger partial charge in [-0.1, -0.05) is 36.4 Å². The van der Waals surface area contributed by atoms with Gasteiger partial charge in [-0.15, -0.1) is 0 Å². The molecule has 28 heavy (non-hydrogen) atoms. The number of para-hydroxylation sites is 2. The van der Waals surface area contributed by atoms with Crippen LogP contribution in [0.3, 0.4) is 0 Å². The highest BCUT2D eigenvalue weighted by atomic mass is 16.4. The minimum atomic E-state index is -0.604. The molecule has 1 aliphatic heterocycles. The summed E-state index contributed by atoms with van der Waals surface area (Å²) in [6.45, 7) is 5.08. The average Bonchev–Trinajstić information content (AvgIpc) is 2.74. The summed E-state index contributed by atoms with van der Waals surface area (Å²) in [4.78, 5) is 29.1. The molecule has 1 saturated heterocycles. The van der Waals surface area contributed by atoms with Crippen LogP contribution >= 0.6 is 0 Å². The minimum absolute atomic E-state index is 0.0487. The number of benzene rings is 2. The third kappa shape index (κ3) is 4.07. The van der Waals surface area contributed by atoms with Gasteiger partial charge in [0.15, 0.2) is 0 Å². The van der Waals surface area contributed by atoms with Crippen molar-refractivity contribution in [1.29, 1.82) is 0 Å². The molecular weight excluding hydrogens is 354 g/mol. The lowest BCUT2D eigenvalue weighted by atomic mass is 10.2. The highest BCUT2D eigenvalue weighted by Crippen LogP contribution is 2.15. The number of nitrogens with one attached hydrogen (secondary N) is 1. The topological polar surface area (TPSA) is 65.8 Å². The van der Waals surface area contributed by atoms with Crippen LogP contribution in [0.2, 0.25) is 0 Å². The number of nitrogens with zero attached hydrogens (tertiary/aromatic N) is 2. The molecule has 0 radical (unpaired) electrons. The molecule has 0 aliphatic carbocycles. The van der Waals surface area contributed by atoms with E-state index in [1.54, 1.807) is 18.2 Å². The molecule has 1 amide bonds. The Labute approximate surface area is 163 Å². The van der Waals surface area contributed by atoms with E-state index in [1.807, 2.05) is 18.2 Å². The number of anilines is 1. The Bertz CT molecular complexity index is 1010. The fraction of sp³-hybridized carbons (Fsp3) is 0.273. The van der Waals surface area contributed by atoms with Crippen molar-refractivity contribution >= 4 is 22.6 Å². The van der Waals surface area contributed by atoms with Crippen molar-refractivity contribution in [3.05, 3.63) is 76.6 Å². The number of carbonyl (C=O) groups is 1. The zero-order chi connectivity index (χ0) is 19.3. The van der Waals surface area contributed by atoms with Crippen molar-refractivity contribution in [2.24, 2.45) is 0 Å². The van der Waals surface area contributed by atoms with E-state index in [4.69, 9.17) is 4.42 Å². The SMILES string of the molecule is O=C(NCCN1CCN(c2ccccc2)CC1)c1cc2ccccc2oc1=O. The number of rotatable bonds is 5. The number of carbonyl (C=O) groups excluding carboxylic acids is 1. The normalized spacial score (nSPS) is 14.9. The van der Waals surface area contributed by atoms with Crippen molar-refractivity contribution in [3.8, 4) is 0 Å². The standard InChI is InChI=1S/C22H23N3O3/c26-21(19-16-17-6-4-5-9-20(17)28-22(19)27)23-10-11-24-12-14-25(15-13-24)18-7-2-1-3-8-18/h1-9,16H,10-15H2,(H,23,26). The third-order valence-electron chi connectivity index (χ3n) is 5.09. The fourth-order valence-corrected chi connectivity index (χ4v) is 3.51. The molecule has 3 aromatic rings. The van der Waals surface area contributed by atoms with Crippen LogP contribution in [0.5, 0.6) is 0 Å². The van der Waals surface area contributed by atoms with Crippen molar-refractivity contribution in [1.82, 2.24) is 10.2 Å². The number of amides is 1. The van der Waals surface area contributed by atoms with Gasteiger partial charge in [0.25, 0.3) is 5.91 Å². The molecule has 2 heterocycles. The first-order chi connectivity index (χ1) is 13.7. The predicted octanol–water partition coefficient (Wildman–Crippen LogP) is 2.34. The maximum Gasteiger partial charge on any atom is 0.349 e. The van der Waals surface area contributed by atoms with Crippen molar-refractivity contribution in [2.45, 2.75) is 0 Å². The van der Waals surface area contributed by atoms with Gasteiger partial charge in [-0.3, -0.25) is 9.69 Å². The van der Waals surface area contributed by atoms with Gasteiger partial charge in [0.2, 0.25) is 0 Å². The Balaban J connectivity index is 1.28. The van der Waals surface area contributed by atoms with E-state index in [0.717, 1.165) is 38.1 Å². The van der Waals surface area contributed by atoms with Crippen LogP contribution < -0.4 is 15.8 Å². The van der Waals surface area contributed by atoms with Gasteiger partial charge in [-0.25, -0.2) is 4.79 Å². The monoisotopic (exact) mass is 377 g/mol. The zero-order valence-electron chi connectivity index (χ0n) is 15.6. The van der Waals surface area contributed by atoms with E-state index < -0.39 is 5.63 Å². The predicted molar refractivity (Wildman–Crippen MR) is 110 cm³/mol. The van der Waals surface area contributed by atoms with Crippen LogP contribution in [0.4, 0.5) is 5.69 Å². The molecule has 6 nitrogen and oxygen atoms in total. The summed E-state index contributed by atoms with van der Waals surface area (Å²) in [5.74, 6) is -0.387. The summed E-state index contributed by atoms with van der Waals surface area (Å²) >= 11 is 0. The molecule has 2 aromatic carbocycles. The molecule has 1 aromatic heterocycles. The Morgan fingerprint density at radius 1 is 0.964 bits per heavy atom. The van der Waals surface area contributed by atoms with Crippen molar-refractivity contribution < 1.29 is 9.21 Å². The van der Waals surface area contributed by atoms with Gasteiger partial charge in [0, 0.05) is 50.3 Å². The summed E-state index contributed by atoms with van der Waals surface area (Å²) in [5.41, 5.74) is 1.18. The van der Waals surface area contributed by atoms with Crippen LogP contribution in [0.25, 0.3) is 11.0 Å². The summed E-state index contributed by atoms with van der Waals surface area (Å²) in [7, 11) is 0. The number of hydrogen-bond donors (Lipinski definition) is 1. The Morgan fingerprint density at radius 2 is 1.68 bits per heavy atom. The summed E-state index contributed by atoms with van der Waals surface area (Å²) in [6.07, 6.45) is 0. The highest BCUT2D eigenvalue weighted by molar-refractivity contribution is 5.96. The number of piperazine rings is 1. The molecular formula is C22H23N3O3. The van der Waals surface area contributed by atoms with E-state index in [0.29, 0.717) is 12.1 Å². The van der Waals surface area contributed by atoms with Crippen molar-refractivity contribution in [2.75, 3.05) is 44.2 Å². The van der Waals surface area contributed by atoms with Crippen LogP contribution in [0.15, 0.2) is 69.9 Å². The van der Waals surface area contributed by atoms with Gasteiger partial charge >= 0.3 is 5.63 Å². The molecule has 0 bridgehead atoms. The number of fused-ring (bicyclic) bond motifs is 1. The van der Waals surface area contributed by atoms with E-state index in [1.165, 1.54) is 5.69 Å². The van der Waals surface area contributed by atoms with Gasteiger partial charge in [-0.05, 0) is 24.3 Å². The molecule has 0 atom stereocenters. The maximum absolute atomic E-state index is 12.4. The lowest BCUT2D eigenvalue weighted by Gasteiger charge is -2.36. The van der Waals surface area contributed by atoms with Gasteiger partial charge in [-0.2, -0.15) is 0 Å². The van der Waals surface area contributed by atoms with Crippen LogP contribution in [-0.2, 0) is 0 Å². The van der Waals surface area contributed by atoms with E-state index >= 15 is 0 Å². The smallest absolute Gasteiger partial charge is 0.349 e. The zero-order valence-corrected chi connectivity index (χ0v) is 15.6. The Kier molecular flexibility index (Phi) is 5.39. The first-order valence-electron chi connectivity index (χ1n) is 9.54. The average molecular weight is 377 g/mol. The minimum Gasteiger partial charge on any atom is -0.422 e. The Hall–Kier alpha value is -3.12. The van der Waals surface area contributed by atoms with E-state index in [-0.39, 0.29) is 11.5 Å². The summed E-state index contributed by atoms with van der Waals surface area (Å²) in [6, 6.07) is 19.2. The second kappa shape index (κ2) is 8.27. The summed E-state index contributed by atoms with van der Waals surface area (Å²) < 4.78 is 5.23. The molecule has 0 saturated carbocycles. The number of hydrogen-bond acceptors (Lipinski definition) is 5. The molecule has 0 spiro atoms. The highest BCUT2D eigenvalue weighted by Gasteiger charge is 2.18. The largest absolute Gasteiger partial charge is 0.422 e. The molecule has 0 unspecified atom stereocenters. The maximum atomic E-state index is 12.4. The van der Waals surface area contributed by atoms with Crippen molar-refractivity contribution in [3.63, 3.8) is 0 Å². The quantitative estimate of drug-likeness (QED) is 0.692. The molecule has 6 heteroatoms. The first-order valence-corrected chi connectivity index (χ1v) is 9.54. The van der Waals surface area contributed by atoms with E-state index in [2.05, 4.69) is 39.4 Å². The second-order valence-electron chi connectivity index (χ2n) is 6.91. The van der Waals surface area contributed by atoms with Crippen LogP contribution in [-0.4, -0.2) is 50.1 Å². The lowest BCUT2D eigenvalue weighted by Crippen LogP contribution is -2.48. The lowest BCUT2D eigenvalue weighted by molar-refractivity contribution is 0.0944. The third-order valence-corrected chi connectivity index (χ3v) is 5.09.